The van der Waals surface area contributed by atoms with Gasteiger partial charge in [0.1, 0.15) is 18.8 Å². The first-order valence-corrected chi connectivity index (χ1v) is 9.89. The van der Waals surface area contributed by atoms with Crippen LogP contribution in [0.15, 0.2) is 70.9 Å². The molecule has 0 radical (unpaired) electrons. The molecule has 0 saturated carbocycles. The second kappa shape index (κ2) is 9.26. The zero-order valence-corrected chi connectivity index (χ0v) is 15.4. The fourth-order valence-corrected chi connectivity index (χ4v) is 3.40. The standard InChI is InChI=1S/C18H20N4O4S/c23-27(24,13-16-7-3-1-4-8-16)26-12-11-25-15-22-18(21-19-14-20-22)17-9-5-2-6-10-17/h1-10,14H,11-13,15H2,(H,19,20). The minimum atomic E-state index is -3.65. The highest BCUT2D eigenvalue weighted by Gasteiger charge is 2.16. The van der Waals surface area contributed by atoms with E-state index >= 15 is 0 Å². The average Bonchev–Trinajstić information content (AvgIpc) is 2.69. The van der Waals surface area contributed by atoms with Gasteiger partial charge in [0.05, 0.1) is 13.2 Å². The lowest BCUT2D eigenvalue weighted by molar-refractivity contribution is 0.0372. The maximum Gasteiger partial charge on any atom is 0.271 e. The highest BCUT2D eigenvalue weighted by molar-refractivity contribution is 7.85. The lowest BCUT2D eigenvalue weighted by Gasteiger charge is -2.26. The van der Waals surface area contributed by atoms with Gasteiger partial charge in [-0.1, -0.05) is 60.7 Å². The largest absolute Gasteiger partial charge is 0.357 e. The third kappa shape index (κ3) is 5.88. The molecule has 0 fully saturated rings. The van der Waals surface area contributed by atoms with E-state index in [1.54, 1.807) is 29.3 Å². The lowest BCUT2D eigenvalue weighted by Crippen LogP contribution is -2.45. The minimum Gasteiger partial charge on any atom is -0.357 e. The van der Waals surface area contributed by atoms with E-state index in [1.807, 2.05) is 36.4 Å². The van der Waals surface area contributed by atoms with Gasteiger partial charge in [0.15, 0.2) is 5.84 Å². The van der Waals surface area contributed by atoms with Gasteiger partial charge in [-0.3, -0.25) is 9.61 Å². The summed E-state index contributed by atoms with van der Waals surface area (Å²) < 4.78 is 34.4. The topological polar surface area (TPSA) is 92.6 Å². The zero-order chi connectivity index (χ0) is 19.0. The Morgan fingerprint density at radius 1 is 0.963 bits per heavy atom. The van der Waals surface area contributed by atoms with Crippen molar-refractivity contribution < 1.29 is 17.3 Å². The van der Waals surface area contributed by atoms with Crippen LogP contribution in [0.1, 0.15) is 11.1 Å². The molecule has 1 aliphatic heterocycles. The normalized spacial score (nSPS) is 13.9. The summed E-state index contributed by atoms with van der Waals surface area (Å²) in [5.74, 6) is 0.443. The molecule has 9 heteroatoms. The molecule has 2 aromatic rings. The van der Waals surface area contributed by atoms with Gasteiger partial charge in [-0.05, 0) is 5.56 Å². The Morgan fingerprint density at radius 2 is 1.67 bits per heavy atom. The van der Waals surface area contributed by atoms with Crippen LogP contribution in [0.5, 0.6) is 0 Å². The van der Waals surface area contributed by atoms with Gasteiger partial charge in [-0.25, -0.2) is 5.01 Å². The van der Waals surface area contributed by atoms with E-state index in [1.165, 1.54) is 6.34 Å². The van der Waals surface area contributed by atoms with Gasteiger partial charge >= 0.3 is 0 Å². The van der Waals surface area contributed by atoms with Crippen molar-refractivity contribution in [2.75, 3.05) is 19.9 Å². The predicted molar refractivity (Wildman–Crippen MR) is 102 cm³/mol. The number of nitrogens with one attached hydrogen (secondary N) is 1. The number of hydrogen-bond donors (Lipinski definition) is 1. The molecule has 0 bridgehead atoms. The first-order valence-electron chi connectivity index (χ1n) is 8.31. The predicted octanol–water partition coefficient (Wildman–Crippen LogP) is 1.72. The Hall–Kier alpha value is -2.75. The number of hydrazine groups is 1. The highest BCUT2D eigenvalue weighted by Crippen LogP contribution is 2.08. The van der Waals surface area contributed by atoms with E-state index in [0.717, 1.165) is 5.56 Å². The molecule has 3 rings (SSSR count). The van der Waals surface area contributed by atoms with E-state index < -0.39 is 10.1 Å². The SMILES string of the molecule is O=S(=O)(Cc1ccccc1)OCCOCN1NC=NN=C1c1ccccc1. The first-order chi connectivity index (χ1) is 13.1. The molecular formula is C18H20N4O4S. The van der Waals surface area contributed by atoms with Gasteiger partial charge in [0.2, 0.25) is 0 Å². The van der Waals surface area contributed by atoms with Crippen LogP contribution in [0.4, 0.5) is 0 Å². The molecule has 1 N–H and O–H groups in total. The van der Waals surface area contributed by atoms with Crippen LogP contribution < -0.4 is 5.43 Å². The van der Waals surface area contributed by atoms with Crippen molar-refractivity contribution >= 4 is 22.3 Å². The Bertz CT molecular complexity index is 886. The Labute approximate surface area is 158 Å². The van der Waals surface area contributed by atoms with Crippen LogP contribution in [0.25, 0.3) is 0 Å². The smallest absolute Gasteiger partial charge is 0.271 e. The molecule has 0 spiro atoms. The molecule has 0 aromatic heterocycles. The van der Waals surface area contributed by atoms with Gasteiger partial charge in [-0.2, -0.15) is 8.42 Å². The second-order valence-electron chi connectivity index (χ2n) is 5.64. The van der Waals surface area contributed by atoms with Crippen LogP contribution in [-0.2, 0) is 24.8 Å². The molecular weight excluding hydrogens is 368 g/mol. The second-order valence-corrected chi connectivity index (χ2v) is 7.28. The van der Waals surface area contributed by atoms with Crippen LogP contribution in [0, 0.1) is 0 Å². The van der Waals surface area contributed by atoms with Crippen molar-refractivity contribution in [1.29, 1.82) is 0 Å². The van der Waals surface area contributed by atoms with Crippen molar-refractivity contribution in [3.8, 4) is 0 Å². The molecule has 0 saturated heterocycles. The van der Waals surface area contributed by atoms with Crippen molar-refractivity contribution in [2.45, 2.75) is 5.75 Å². The van der Waals surface area contributed by atoms with E-state index in [0.29, 0.717) is 11.4 Å². The number of benzene rings is 2. The maximum absolute atomic E-state index is 12.0. The van der Waals surface area contributed by atoms with Crippen LogP contribution in [-0.4, -0.2) is 45.5 Å². The van der Waals surface area contributed by atoms with E-state index in [9.17, 15) is 8.42 Å². The summed E-state index contributed by atoms with van der Waals surface area (Å²) in [6.07, 6.45) is 1.44. The lowest BCUT2D eigenvalue weighted by atomic mass is 10.2. The summed E-state index contributed by atoms with van der Waals surface area (Å²) in [6.45, 7) is 0.210. The van der Waals surface area contributed by atoms with E-state index in [2.05, 4.69) is 15.6 Å². The summed E-state index contributed by atoms with van der Waals surface area (Å²) >= 11 is 0. The molecule has 0 amide bonds. The third-order valence-corrected chi connectivity index (χ3v) is 4.82. The Morgan fingerprint density at radius 3 is 2.41 bits per heavy atom. The van der Waals surface area contributed by atoms with Crippen molar-refractivity contribution in [3.63, 3.8) is 0 Å². The fourth-order valence-electron chi connectivity index (χ4n) is 2.39. The molecule has 27 heavy (non-hydrogen) atoms. The Balaban J connectivity index is 1.43. The van der Waals surface area contributed by atoms with E-state index in [4.69, 9.17) is 8.92 Å². The van der Waals surface area contributed by atoms with Crippen LogP contribution >= 0.6 is 0 Å². The molecule has 2 aromatic carbocycles. The number of nitrogens with zero attached hydrogens (tertiary/aromatic N) is 3. The fraction of sp³-hybridized carbons (Fsp3) is 0.222. The average molecular weight is 388 g/mol. The number of hydrogen-bond acceptors (Lipinski definition) is 8. The molecule has 8 nitrogen and oxygen atoms in total. The summed E-state index contributed by atoms with van der Waals surface area (Å²) in [4.78, 5) is 0. The molecule has 0 atom stereocenters. The molecule has 1 heterocycles. The van der Waals surface area contributed by atoms with Gasteiger partial charge in [0, 0.05) is 5.56 Å². The maximum atomic E-state index is 12.0. The van der Waals surface area contributed by atoms with Crippen LogP contribution in [0.2, 0.25) is 0 Å². The molecule has 1 aliphatic rings. The van der Waals surface area contributed by atoms with Gasteiger partial charge in [0.25, 0.3) is 10.1 Å². The van der Waals surface area contributed by atoms with Crippen molar-refractivity contribution in [2.24, 2.45) is 10.2 Å². The zero-order valence-electron chi connectivity index (χ0n) is 14.6. The number of amidine groups is 1. The number of ether oxygens (including phenoxy) is 1. The summed E-state index contributed by atoms with van der Waals surface area (Å²) in [5.41, 5.74) is 4.50. The van der Waals surface area contributed by atoms with Crippen LogP contribution in [0.3, 0.4) is 0 Å². The van der Waals surface area contributed by atoms with Gasteiger partial charge in [-0.15, -0.1) is 10.2 Å². The summed E-state index contributed by atoms with van der Waals surface area (Å²) in [6, 6.07) is 18.4. The van der Waals surface area contributed by atoms with Crippen molar-refractivity contribution in [1.82, 2.24) is 10.4 Å². The highest BCUT2D eigenvalue weighted by atomic mass is 32.2. The summed E-state index contributed by atoms with van der Waals surface area (Å²) in [5, 5.41) is 9.63. The monoisotopic (exact) mass is 388 g/mol. The molecule has 142 valence electrons. The third-order valence-electron chi connectivity index (χ3n) is 3.61. The van der Waals surface area contributed by atoms with Gasteiger partial charge < -0.3 is 4.74 Å². The van der Waals surface area contributed by atoms with Crippen molar-refractivity contribution in [3.05, 3.63) is 71.8 Å². The Kier molecular flexibility index (Phi) is 6.53. The first kappa shape index (κ1) is 19.0. The summed E-state index contributed by atoms with van der Waals surface area (Å²) in [7, 11) is -3.65. The van der Waals surface area contributed by atoms with E-state index in [-0.39, 0.29) is 25.7 Å². The minimum absolute atomic E-state index is 0.0606. The number of rotatable bonds is 9. The molecule has 0 unspecified atom stereocenters. The quantitative estimate of drug-likeness (QED) is 0.519. The molecule has 0 aliphatic carbocycles.